The van der Waals surface area contributed by atoms with Gasteiger partial charge in [0.05, 0.1) is 16.5 Å². The maximum absolute atomic E-state index is 12.3. The number of nitrogens with zero attached hydrogens (tertiary/aromatic N) is 2. The van der Waals surface area contributed by atoms with Crippen LogP contribution in [0.15, 0.2) is 47.3 Å². The van der Waals surface area contributed by atoms with Crippen molar-refractivity contribution in [3.63, 3.8) is 0 Å². The molecule has 2 aromatic carbocycles. The Morgan fingerprint density at radius 3 is 2.50 bits per heavy atom. The van der Waals surface area contributed by atoms with E-state index in [1.54, 1.807) is 24.3 Å². The Labute approximate surface area is 156 Å². The molecular weight excluding hydrogens is 346 g/mol. The Hall–Kier alpha value is -2.90. The maximum Gasteiger partial charge on any atom is 0.259 e. The van der Waals surface area contributed by atoms with Gasteiger partial charge in [0.15, 0.2) is 5.82 Å². The van der Waals surface area contributed by atoms with E-state index in [9.17, 15) is 10.1 Å². The van der Waals surface area contributed by atoms with E-state index in [0.29, 0.717) is 21.5 Å². The molecule has 0 aliphatic carbocycles. The number of rotatable bonds is 2. The summed E-state index contributed by atoms with van der Waals surface area (Å²) in [6.45, 7) is 6.44. The molecule has 1 N–H and O–H groups in total. The molecule has 0 unspecified atom stereocenters. The smallest absolute Gasteiger partial charge is 0.259 e. The average molecular weight is 364 g/mol. The zero-order chi connectivity index (χ0) is 18.9. The van der Waals surface area contributed by atoms with Crippen LogP contribution in [0, 0.1) is 11.3 Å². The Morgan fingerprint density at radius 1 is 1.19 bits per heavy atom. The minimum absolute atomic E-state index is 0.0622. The highest BCUT2D eigenvalue weighted by Gasteiger charge is 2.13. The largest absolute Gasteiger partial charge is 0.305 e. The number of fused-ring (bicyclic) bond motifs is 1. The predicted octanol–water partition coefficient (Wildman–Crippen LogP) is 4.94. The second-order valence-corrected chi connectivity index (χ2v) is 7.55. The van der Waals surface area contributed by atoms with Crippen LogP contribution >= 0.6 is 11.6 Å². The number of hydrogen-bond donors (Lipinski definition) is 1. The van der Waals surface area contributed by atoms with Gasteiger partial charge in [0, 0.05) is 5.02 Å². The van der Waals surface area contributed by atoms with Crippen LogP contribution in [-0.2, 0) is 5.41 Å². The van der Waals surface area contributed by atoms with Gasteiger partial charge in [0.2, 0.25) is 0 Å². The van der Waals surface area contributed by atoms with E-state index in [4.69, 9.17) is 11.6 Å². The summed E-state index contributed by atoms with van der Waals surface area (Å²) in [5, 5.41) is 10.4. The van der Waals surface area contributed by atoms with Crippen molar-refractivity contribution in [2.75, 3.05) is 0 Å². The van der Waals surface area contributed by atoms with Crippen LogP contribution in [0.1, 0.15) is 37.7 Å². The molecule has 0 aliphatic heterocycles. The number of nitriles is 1. The Morgan fingerprint density at radius 2 is 1.88 bits per heavy atom. The highest BCUT2D eigenvalue weighted by Crippen LogP contribution is 2.24. The van der Waals surface area contributed by atoms with Gasteiger partial charge in [0.1, 0.15) is 6.07 Å². The van der Waals surface area contributed by atoms with E-state index in [2.05, 4.69) is 36.8 Å². The van der Waals surface area contributed by atoms with Crippen LogP contribution in [0.5, 0.6) is 0 Å². The molecule has 0 aliphatic rings. The molecule has 130 valence electrons. The van der Waals surface area contributed by atoms with E-state index in [1.165, 1.54) is 5.56 Å². The Kier molecular flexibility index (Phi) is 4.67. The molecule has 4 nitrogen and oxygen atoms in total. The minimum Gasteiger partial charge on any atom is -0.305 e. The SMILES string of the molecule is CC(C)(C)c1ccc(/C=C(\C#N)c2nc3ccc(Cl)cc3c(=O)[nH]2)cc1. The third kappa shape index (κ3) is 3.68. The van der Waals surface area contributed by atoms with Gasteiger partial charge in [-0.3, -0.25) is 4.79 Å². The quantitative estimate of drug-likeness (QED) is 0.655. The maximum atomic E-state index is 12.3. The summed E-state index contributed by atoms with van der Waals surface area (Å²) < 4.78 is 0. The van der Waals surface area contributed by atoms with Crippen LogP contribution < -0.4 is 5.56 Å². The second kappa shape index (κ2) is 6.78. The zero-order valence-electron chi connectivity index (χ0n) is 14.8. The highest BCUT2D eigenvalue weighted by molar-refractivity contribution is 6.31. The number of halogens is 1. The highest BCUT2D eigenvalue weighted by atomic mass is 35.5. The van der Waals surface area contributed by atoms with Crippen molar-refractivity contribution in [3.05, 3.63) is 74.8 Å². The molecule has 0 radical (unpaired) electrons. The summed E-state index contributed by atoms with van der Waals surface area (Å²) in [6.07, 6.45) is 1.71. The van der Waals surface area contributed by atoms with Crippen molar-refractivity contribution in [1.82, 2.24) is 9.97 Å². The van der Waals surface area contributed by atoms with Gasteiger partial charge in [-0.25, -0.2) is 4.98 Å². The number of aromatic amines is 1. The number of allylic oxidation sites excluding steroid dienone is 1. The lowest BCUT2D eigenvalue weighted by molar-refractivity contribution is 0.590. The van der Waals surface area contributed by atoms with Gasteiger partial charge >= 0.3 is 0 Å². The first-order chi connectivity index (χ1) is 12.3. The van der Waals surface area contributed by atoms with Gasteiger partial charge in [-0.2, -0.15) is 5.26 Å². The van der Waals surface area contributed by atoms with E-state index in [0.717, 1.165) is 5.56 Å². The molecule has 0 bridgehead atoms. The van der Waals surface area contributed by atoms with Crippen molar-refractivity contribution < 1.29 is 0 Å². The fraction of sp³-hybridized carbons (Fsp3) is 0.190. The minimum atomic E-state index is -0.322. The van der Waals surface area contributed by atoms with E-state index in [1.807, 2.05) is 24.3 Å². The second-order valence-electron chi connectivity index (χ2n) is 7.12. The van der Waals surface area contributed by atoms with E-state index >= 15 is 0 Å². The van der Waals surface area contributed by atoms with Crippen LogP contribution in [0.2, 0.25) is 5.02 Å². The summed E-state index contributed by atoms with van der Waals surface area (Å²) in [5.41, 5.74) is 2.61. The predicted molar refractivity (Wildman–Crippen MR) is 106 cm³/mol. The molecule has 0 saturated carbocycles. The number of nitrogens with one attached hydrogen (secondary N) is 1. The van der Waals surface area contributed by atoms with Crippen molar-refractivity contribution in [1.29, 1.82) is 5.26 Å². The first kappa shape index (κ1) is 17.9. The molecule has 1 heterocycles. The molecule has 0 spiro atoms. The van der Waals surface area contributed by atoms with E-state index < -0.39 is 0 Å². The van der Waals surface area contributed by atoms with Gasteiger partial charge < -0.3 is 4.98 Å². The lowest BCUT2D eigenvalue weighted by Crippen LogP contribution is -2.11. The van der Waals surface area contributed by atoms with Crippen molar-refractivity contribution in [2.45, 2.75) is 26.2 Å². The van der Waals surface area contributed by atoms with Crippen molar-refractivity contribution in [3.8, 4) is 6.07 Å². The van der Waals surface area contributed by atoms with Gasteiger partial charge in [-0.05, 0) is 40.8 Å². The fourth-order valence-corrected chi connectivity index (χ4v) is 2.81. The molecule has 26 heavy (non-hydrogen) atoms. The van der Waals surface area contributed by atoms with Crippen molar-refractivity contribution >= 4 is 34.2 Å². The summed E-state index contributed by atoms with van der Waals surface area (Å²) in [7, 11) is 0. The van der Waals surface area contributed by atoms with E-state index in [-0.39, 0.29) is 16.8 Å². The normalized spacial score (nSPS) is 12.2. The third-order valence-electron chi connectivity index (χ3n) is 4.13. The summed E-state index contributed by atoms with van der Waals surface area (Å²) in [6, 6.07) is 15.0. The summed E-state index contributed by atoms with van der Waals surface area (Å²) >= 11 is 5.93. The van der Waals surface area contributed by atoms with Crippen LogP contribution in [0.25, 0.3) is 22.6 Å². The first-order valence-electron chi connectivity index (χ1n) is 8.20. The number of aromatic nitrogens is 2. The molecule has 5 heteroatoms. The monoisotopic (exact) mass is 363 g/mol. The average Bonchev–Trinajstić information content (AvgIpc) is 2.60. The molecule has 3 aromatic rings. The van der Waals surface area contributed by atoms with Gasteiger partial charge in [-0.15, -0.1) is 0 Å². The fourth-order valence-electron chi connectivity index (χ4n) is 2.64. The molecular formula is C21H18ClN3O. The lowest BCUT2D eigenvalue weighted by atomic mass is 9.86. The zero-order valence-corrected chi connectivity index (χ0v) is 15.6. The first-order valence-corrected chi connectivity index (χ1v) is 8.58. The topological polar surface area (TPSA) is 69.5 Å². The lowest BCUT2D eigenvalue weighted by Gasteiger charge is -2.18. The number of benzene rings is 2. The van der Waals surface area contributed by atoms with Crippen molar-refractivity contribution in [2.24, 2.45) is 0 Å². The molecule has 1 aromatic heterocycles. The third-order valence-corrected chi connectivity index (χ3v) is 4.37. The van der Waals surface area contributed by atoms with Gasteiger partial charge in [0.25, 0.3) is 5.56 Å². The summed E-state index contributed by atoms with van der Waals surface area (Å²) in [5.74, 6) is 0.243. The van der Waals surface area contributed by atoms with Crippen LogP contribution in [0.4, 0.5) is 0 Å². The van der Waals surface area contributed by atoms with Gasteiger partial charge in [-0.1, -0.05) is 56.6 Å². The molecule has 0 atom stereocenters. The molecule has 3 rings (SSSR count). The molecule has 0 amide bonds. The van der Waals surface area contributed by atoms with Crippen LogP contribution in [0.3, 0.4) is 0 Å². The summed E-state index contributed by atoms with van der Waals surface area (Å²) in [4.78, 5) is 19.4. The number of H-pyrrole nitrogens is 1. The standard InChI is InChI=1S/C21H18ClN3O/c1-21(2,3)15-6-4-13(5-7-15)10-14(12-23)19-24-18-9-8-16(22)11-17(18)20(26)25-19/h4-11H,1-3H3,(H,24,25,26)/b14-10+. The van der Waals surface area contributed by atoms with Crippen LogP contribution in [-0.4, -0.2) is 9.97 Å². The Bertz CT molecular complexity index is 1100. The molecule has 0 fully saturated rings. The Balaban J connectivity index is 2.05. The number of hydrogen-bond acceptors (Lipinski definition) is 3. The molecule has 0 saturated heterocycles.